The molecule has 0 heterocycles. The third-order valence-electron chi connectivity index (χ3n) is 1.73. The van der Waals surface area contributed by atoms with Crippen molar-refractivity contribution in [1.29, 1.82) is 0 Å². The zero-order valence-corrected chi connectivity index (χ0v) is 10.5. The maximum absolute atomic E-state index is 8.36. The summed E-state index contributed by atoms with van der Waals surface area (Å²) in [5.41, 5.74) is 0. The molecule has 60 valence electrons. The molecule has 0 spiro atoms. The van der Waals surface area contributed by atoms with Crippen LogP contribution in [0.5, 0.6) is 0 Å². The van der Waals surface area contributed by atoms with Gasteiger partial charge in [0.1, 0.15) is 0 Å². The molecule has 0 saturated heterocycles. The van der Waals surface area contributed by atoms with Gasteiger partial charge in [0, 0.05) is 0 Å². The smallest absolute Gasteiger partial charge is 0.483 e. The van der Waals surface area contributed by atoms with Crippen molar-refractivity contribution in [1.82, 2.24) is 0 Å². The first kappa shape index (κ1) is 14.6. The SMILES string of the molecule is CC1CC[CH-]CC1.O=CO.[K+]. The van der Waals surface area contributed by atoms with Gasteiger partial charge in [-0.3, -0.25) is 4.79 Å². The maximum Gasteiger partial charge on any atom is 1.00 e. The summed E-state index contributed by atoms with van der Waals surface area (Å²) in [6.45, 7) is 2.09. The van der Waals surface area contributed by atoms with Gasteiger partial charge < -0.3 is 11.5 Å². The zero-order chi connectivity index (χ0) is 7.82. The summed E-state index contributed by atoms with van der Waals surface area (Å²) in [6, 6.07) is 0. The van der Waals surface area contributed by atoms with Crippen molar-refractivity contribution in [2.75, 3.05) is 0 Å². The molecule has 2 nitrogen and oxygen atoms in total. The predicted molar refractivity (Wildman–Crippen MR) is 40.6 cm³/mol. The van der Waals surface area contributed by atoms with Crippen molar-refractivity contribution in [2.24, 2.45) is 5.92 Å². The topological polar surface area (TPSA) is 37.3 Å². The molecule has 1 saturated carbocycles. The van der Waals surface area contributed by atoms with E-state index in [0.29, 0.717) is 0 Å². The third-order valence-corrected chi connectivity index (χ3v) is 1.73. The van der Waals surface area contributed by atoms with Gasteiger partial charge in [0.15, 0.2) is 0 Å². The van der Waals surface area contributed by atoms with Gasteiger partial charge in [0.2, 0.25) is 0 Å². The molecular formula is C8H15KO2. The van der Waals surface area contributed by atoms with E-state index in [1.807, 2.05) is 0 Å². The molecule has 0 aliphatic heterocycles. The first-order chi connectivity index (χ1) is 4.81. The number of carboxylic acid groups (broad SMARTS) is 1. The Morgan fingerprint density at radius 2 is 1.82 bits per heavy atom. The number of rotatable bonds is 0. The Hall–Kier alpha value is 1.11. The van der Waals surface area contributed by atoms with Crippen molar-refractivity contribution in [3.63, 3.8) is 0 Å². The summed E-state index contributed by atoms with van der Waals surface area (Å²) in [6.07, 6.45) is 7.99. The molecule has 0 aromatic rings. The molecule has 0 bridgehead atoms. The van der Waals surface area contributed by atoms with Gasteiger partial charge in [0.25, 0.3) is 6.47 Å². The van der Waals surface area contributed by atoms with Crippen LogP contribution in [0.2, 0.25) is 0 Å². The fraction of sp³-hybridized carbons (Fsp3) is 0.750. The Labute approximate surface area is 111 Å². The van der Waals surface area contributed by atoms with Crippen LogP contribution < -0.4 is 51.4 Å². The van der Waals surface area contributed by atoms with Crippen LogP contribution in [0.3, 0.4) is 0 Å². The zero-order valence-electron chi connectivity index (χ0n) is 7.42. The number of hydrogen-bond acceptors (Lipinski definition) is 1. The summed E-state index contributed by atoms with van der Waals surface area (Å²) in [4.78, 5) is 8.36. The second-order valence-electron chi connectivity index (χ2n) is 2.65. The molecule has 0 aromatic carbocycles. The minimum absolute atomic E-state index is 0. The Morgan fingerprint density at radius 1 is 1.45 bits per heavy atom. The van der Waals surface area contributed by atoms with Gasteiger partial charge in [-0.25, -0.2) is 0 Å². The second kappa shape index (κ2) is 11.1. The van der Waals surface area contributed by atoms with Crippen molar-refractivity contribution in [3.8, 4) is 0 Å². The van der Waals surface area contributed by atoms with Crippen molar-refractivity contribution in [3.05, 3.63) is 6.42 Å². The summed E-state index contributed by atoms with van der Waals surface area (Å²) >= 11 is 0. The summed E-state index contributed by atoms with van der Waals surface area (Å²) in [5, 5.41) is 6.89. The van der Waals surface area contributed by atoms with Crippen LogP contribution in [0.1, 0.15) is 32.6 Å². The van der Waals surface area contributed by atoms with E-state index in [0.717, 1.165) is 5.92 Å². The minimum atomic E-state index is -0.250. The van der Waals surface area contributed by atoms with Crippen LogP contribution in [-0.2, 0) is 4.79 Å². The van der Waals surface area contributed by atoms with Crippen LogP contribution >= 0.6 is 0 Å². The van der Waals surface area contributed by atoms with E-state index < -0.39 is 0 Å². The van der Waals surface area contributed by atoms with Gasteiger partial charge in [-0.1, -0.05) is 19.8 Å². The van der Waals surface area contributed by atoms with Crippen molar-refractivity contribution >= 4 is 6.47 Å². The van der Waals surface area contributed by atoms with Crippen LogP contribution in [0, 0.1) is 12.3 Å². The maximum atomic E-state index is 8.36. The minimum Gasteiger partial charge on any atom is -0.483 e. The van der Waals surface area contributed by atoms with Crippen LogP contribution in [0.25, 0.3) is 0 Å². The van der Waals surface area contributed by atoms with Gasteiger partial charge in [-0.2, -0.15) is 12.8 Å². The largest absolute Gasteiger partial charge is 1.00 e. The van der Waals surface area contributed by atoms with Gasteiger partial charge in [-0.05, 0) is 5.92 Å². The molecule has 0 radical (unpaired) electrons. The Bertz CT molecular complexity index is 80.2. The van der Waals surface area contributed by atoms with Gasteiger partial charge in [-0.15, -0.1) is 0 Å². The molecule has 1 aliphatic rings. The molecule has 11 heavy (non-hydrogen) atoms. The Morgan fingerprint density at radius 3 is 2.00 bits per heavy atom. The van der Waals surface area contributed by atoms with E-state index in [1.54, 1.807) is 0 Å². The number of hydrogen-bond donors (Lipinski definition) is 1. The van der Waals surface area contributed by atoms with E-state index in [9.17, 15) is 0 Å². The molecule has 1 rings (SSSR count). The predicted octanol–water partition coefficient (Wildman–Crippen LogP) is -0.894. The average Bonchev–Trinajstić information content (AvgIpc) is 1.91. The fourth-order valence-electron chi connectivity index (χ4n) is 1.09. The first-order valence-corrected chi connectivity index (χ1v) is 3.70. The van der Waals surface area contributed by atoms with Crippen LogP contribution in [-0.4, -0.2) is 11.6 Å². The summed E-state index contributed by atoms with van der Waals surface area (Å²) in [5.74, 6) is 1.00. The summed E-state index contributed by atoms with van der Waals surface area (Å²) in [7, 11) is 0. The molecule has 1 aliphatic carbocycles. The Kier molecular flexibility index (Phi) is 14.8. The van der Waals surface area contributed by atoms with E-state index >= 15 is 0 Å². The number of carbonyl (C=O) groups is 1. The first-order valence-electron chi connectivity index (χ1n) is 3.70. The quantitative estimate of drug-likeness (QED) is 0.300. The molecule has 0 atom stereocenters. The van der Waals surface area contributed by atoms with E-state index in [-0.39, 0.29) is 57.9 Å². The molecule has 3 heteroatoms. The van der Waals surface area contributed by atoms with Crippen molar-refractivity contribution < 1.29 is 61.3 Å². The molecule has 0 unspecified atom stereocenters. The summed E-state index contributed by atoms with van der Waals surface area (Å²) < 4.78 is 0. The molecule has 1 N–H and O–H groups in total. The monoisotopic (exact) mass is 182 g/mol. The second-order valence-corrected chi connectivity index (χ2v) is 2.65. The van der Waals surface area contributed by atoms with E-state index in [2.05, 4.69) is 13.3 Å². The van der Waals surface area contributed by atoms with E-state index in [1.165, 1.54) is 25.7 Å². The van der Waals surface area contributed by atoms with Gasteiger partial charge >= 0.3 is 51.4 Å². The standard InChI is InChI=1S/C7H13.CH2O2.K/c1-7-5-3-2-4-6-7;2-1-3;/h2,7H,3-6H2,1H3;1H,(H,2,3);/q-1;;+1. The Balaban J connectivity index is 0. The third kappa shape index (κ3) is 11.1. The van der Waals surface area contributed by atoms with Gasteiger partial charge in [0.05, 0.1) is 0 Å². The van der Waals surface area contributed by atoms with Crippen LogP contribution in [0.4, 0.5) is 0 Å². The van der Waals surface area contributed by atoms with E-state index in [4.69, 9.17) is 9.90 Å². The van der Waals surface area contributed by atoms with Crippen LogP contribution in [0.15, 0.2) is 0 Å². The molecular weight excluding hydrogens is 167 g/mol. The van der Waals surface area contributed by atoms with Crippen molar-refractivity contribution in [2.45, 2.75) is 32.6 Å². The fourth-order valence-corrected chi connectivity index (χ4v) is 1.09. The molecule has 0 amide bonds. The molecule has 0 aromatic heterocycles. The normalized spacial score (nSPS) is 17.2. The average molecular weight is 182 g/mol. The molecule has 1 fully saturated rings.